The first-order chi connectivity index (χ1) is 17.6. The predicted octanol–water partition coefficient (Wildman–Crippen LogP) is 5.88. The SMILES string of the molecule is Cc1cc(NS(=O)(=O)c2ccc(NC(CC(=O)c3ccc(Br)cc3)c3ccc([N+](=O)[O-])cc3)cc2)no1. The molecule has 10 nitrogen and oxygen atoms in total. The highest BCUT2D eigenvalue weighted by molar-refractivity contribution is 9.10. The van der Waals surface area contributed by atoms with Gasteiger partial charge in [0.2, 0.25) is 0 Å². The number of sulfonamides is 1. The number of ketones is 1. The van der Waals surface area contributed by atoms with Gasteiger partial charge >= 0.3 is 0 Å². The van der Waals surface area contributed by atoms with Gasteiger partial charge in [-0.3, -0.25) is 19.6 Å². The monoisotopic (exact) mass is 584 g/mol. The summed E-state index contributed by atoms with van der Waals surface area (Å²) in [7, 11) is -3.89. The minimum Gasteiger partial charge on any atom is -0.378 e. The van der Waals surface area contributed by atoms with Gasteiger partial charge in [-0.1, -0.05) is 45.4 Å². The maximum atomic E-state index is 13.0. The molecule has 0 spiro atoms. The van der Waals surface area contributed by atoms with Crippen molar-refractivity contribution >= 4 is 48.9 Å². The third-order valence-electron chi connectivity index (χ3n) is 5.43. The molecule has 1 atom stereocenters. The van der Waals surface area contributed by atoms with Crippen molar-refractivity contribution in [2.45, 2.75) is 24.3 Å². The molecule has 4 aromatic rings. The Morgan fingerprint density at radius 1 is 1.05 bits per heavy atom. The molecule has 0 aliphatic carbocycles. The Bertz CT molecular complexity index is 1520. The lowest BCUT2D eigenvalue weighted by Gasteiger charge is -2.20. The Hall–Kier alpha value is -4.03. The summed E-state index contributed by atoms with van der Waals surface area (Å²) in [6, 6.07) is 19.8. The van der Waals surface area contributed by atoms with Crippen LogP contribution in [-0.4, -0.2) is 24.3 Å². The zero-order valence-corrected chi connectivity index (χ0v) is 21.8. The summed E-state index contributed by atoms with van der Waals surface area (Å²) in [5, 5.41) is 17.9. The van der Waals surface area contributed by atoms with Crippen molar-refractivity contribution in [2.24, 2.45) is 0 Å². The van der Waals surface area contributed by atoms with Crippen molar-refractivity contribution in [2.75, 3.05) is 10.0 Å². The molecule has 4 rings (SSSR count). The van der Waals surface area contributed by atoms with Crippen LogP contribution in [0.3, 0.4) is 0 Å². The molecule has 3 aromatic carbocycles. The molecule has 0 saturated carbocycles. The van der Waals surface area contributed by atoms with Gasteiger partial charge in [0.1, 0.15) is 5.76 Å². The third-order valence-corrected chi connectivity index (χ3v) is 7.33. The smallest absolute Gasteiger partial charge is 0.269 e. The Labute approximate surface area is 221 Å². The predicted molar refractivity (Wildman–Crippen MR) is 141 cm³/mol. The number of anilines is 2. The fourth-order valence-corrected chi connectivity index (χ4v) is 4.81. The lowest BCUT2D eigenvalue weighted by Crippen LogP contribution is -2.16. The standard InChI is InChI=1S/C25H21BrN4O6S/c1-16-14-25(28-36-16)29-37(34,35)22-12-8-20(9-13-22)27-23(17-4-10-21(11-5-17)30(32)33)15-24(31)18-2-6-19(26)7-3-18/h2-14,23,27H,15H2,1H3,(H,28,29). The average molecular weight is 585 g/mol. The molecule has 37 heavy (non-hydrogen) atoms. The molecule has 1 aromatic heterocycles. The van der Waals surface area contributed by atoms with Gasteiger partial charge in [-0.15, -0.1) is 0 Å². The number of aryl methyl sites for hydroxylation is 1. The molecule has 0 fully saturated rings. The van der Waals surface area contributed by atoms with Crippen molar-refractivity contribution in [3.8, 4) is 0 Å². The molecule has 0 aliphatic heterocycles. The summed E-state index contributed by atoms with van der Waals surface area (Å²) in [5.41, 5.74) is 1.68. The summed E-state index contributed by atoms with van der Waals surface area (Å²) in [5.74, 6) is 0.409. The number of non-ortho nitro benzene ring substituents is 1. The van der Waals surface area contributed by atoms with E-state index in [0.29, 0.717) is 22.6 Å². The third kappa shape index (κ3) is 6.60. The van der Waals surface area contributed by atoms with Crippen LogP contribution in [0, 0.1) is 17.0 Å². The van der Waals surface area contributed by atoms with Gasteiger partial charge in [0.25, 0.3) is 15.7 Å². The number of nitro groups is 1. The van der Waals surface area contributed by atoms with Crippen LogP contribution in [0.4, 0.5) is 17.2 Å². The maximum Gasteiger partial charge on any atom is 0.269 e. The normalized spacial score (nSPS) is 12.1. The van der Waals surface area contributed by atoms with Crippen LogP contribution in [0.2, 0.25) is 0 Å². The molecule has 0 saturated heterocycles. The molecule has 0 radical (unpaired) electrons. The fraction of sp³-hybridized carbons (Fsp3) is 0.120. The lowest BCUT2D eigenvalue weighted by molar-refractivity contribution is -0.384. The first-order valence-electron chi connectivity index (χ1n) is 11.0. The van der Waals surface area contributed by atoms with Crippen molar-refractivity contribution < 1.29 is 22.7 Å². The minimum atomic E-state index is -3.89. The van der Waals surface area contributed by atoms with Crippen molar-refractivity contribution in [1.82, 2.24) is 5.16 Å². The van der Waals surface area contributed by atoms with Gasteiger partial charge < -0.3 is 9.84 Å². The Balaban J connectivity index is 1.56. The van der Waals surface area contributed by atoms with E-state index in [9.17, 15) is 23.3 Å². The first-order valence-corrected chi connectivity index (χ1v) is 13.2. The van der Waals surface area contributed by atoms with E-state index in [4.69, 9.17) is 4.52 Å². The number of nitrogens with one attached hydrogen (secondary N) is 2. The van der Waals surface area contributed by atoms with Crippen LogP contribution in [0.15, 0.2) is 92.8 Å². The molecular formula is C25H21BrN4O6S. The van der Waals surface area contributed by atoms with Crippen LogP contribution < -0.4 is 10.0 Å². The number of aromatic nitrogens is 1. The Morgan fingerprint density at radius 3 is 2.27 bits per heavy atom. The fourth-order valence-electron chi connectivity index (χ4n) is 3.56. The zero-order chi connectivity index (χ0) is 26.6. The van der Waals surface area contributed by atoms with Gasteiger partial charge in [-0.05, 0) is 48.9 Å². The number of Topliss-reactive ketones (excluding diaryl/α,β-unsaturated/α-hetero) is 1. The van der Waals surface area contributed by atoms with E-state index in [1.54, 1.807) is 55.5 Å². The van der Waals surface area contributed by atoms with E-state index < -0.39 is 21.0 Å². The second kappa shape index (κ2) is 10.9. The molecular weight excluding hydrogens is 564 g/mol. The Morgan fingerprint density at radius 2 is 1.70 bits per heavy atom. The van der Waals surface area contributed by atoms with E-state index in [-0.39, 0.29) is 28.6 Å². The van der Waals surface area contributed by atoms with Gasteiger partial charge in [0.15, 0.2) is 11.6 Å². The highest BCUT2D eigenvalue weighted by Gasteiger charge is 2.20. The van der Waals surface area contributed by atoms with Crippen LogP contribution in [-0.2, 0) is 10.0 Å². The van der Waals surface area contributed by atoms with Crippen molar-refractivity contribution in [1.29, 1.82) is 0 Å². The van der Waals surface area contributed by atoms with Crippen molar-refractivity contribution in [3.05, 3.63) is 110 Å². The highest BCUT2D eigenvalue weighted by Crippen LogP contribution is 2.28. The van der Waals surface area contributed by atoms with Gasteiger partial charge in [-0.25, -0.2) is 8.42 Å². The largest absolute Gasteiger partial charge is 0.378 e. The van der Waals surface area contributed by atoms with Crippen LogP contribution in [0.25, 0.3) is 0 Å². The molecule has 12 heteroatoms. The lowest BCUT2D eigenvalue weighted by atomic mass is 9.97. The van der Waals surface area contributed by atoms with Gasteiger partial charge in [0, 0.05) is 40.3 Å². The van der Waals surface area contributed by atoms with Crippen LogP contribution in [0.5, 0.6) is 0 Å². The number of nitrogens with zero attached hydrogens (tertiary/aromatic N) is 2. The number of carbonyl (C=O) groups is 1. The van der Waals surface area contributed by atoms with Gasteiger partial charge in [0.05, 0.1) is 15.9 Å². The number of benzene rings is 3. The van der Waals surface area contributed by atoms with Crippen LogP contribution >= 0.6 is 15.9 Å². The molecule has 0 amide bonds. The number of hydrogen-bond acceptors (Lipinski definition) is 8. The van der Waals surface area contributed by atoms with Crippen LogP contribution in [0.1, 0.15) is 34.1 Å². The maximum absolute atomic E-state index is 13.0. The second-order valence-corrected chi connectivity index (χ2v) is 10.7. The van der Waals surface area contributed by atoms with E-state index in [1.807, 2.05) is 0 Å². The second-order valence-electron chi connectivity index (χ2n) is 8.13. The molecule has 0 aliphatic rings. The number of nitro benzene ring substituents is 1. The minimum absolute atomic E-state index is 0.0107. The molecule has 1 unspecified atom stereocenters. The molecule has 0 bridgehead atoms. The summed E-state index contributed by atoms with van der Waals surface area (Å²) in [6.45, 7) is 1.65. The summed E-state index contributed by atoms with van der Waals surface area (Å²) in [4.78, 5) is 23.6. The number of carbonyl (C=O) groups excluding carboxylic acids is 1. The van der Waals surface area contributed by atoms with E-state index in [2.05, 4.69) is 31.1 Å². The highest BCUT2D eigenvalue weighted by atomic mass is 79.9. The number of hydrogen-bond donors (Lipinski definition) is 2. The van der Waals surface area contributed by atoms with E-state index in [0.717, 1.165) is 4.47 Å². The van der Waals surface area contributed by atoms with Crippen molar-refractivity contribution in [3.63, 3.8) is 0 Å². The number of rotatable bonds is 10. The summed E-state index contributed by atoms with van der Waals surface area (Å²) in [6.07, 6.45) is 0.0621. The molecule has 2 N–H and O–H groups in total. The quantitative estimate of drug-likeness (QED) is 0.133. The topological polar surface area (TPSA) is 144 Å². The molecule has 190 valence electrons. The van der Waals surface area contributed by atoms with Gasteiger partial charge in [-0.2, -0.15) is 0 Å². The van der Waals surface area contributed by atoms with E-state index >= 15 is 0 Å². The molecule has 1 heterocycles. The van der Waals surface area contributed by atoms with E-state index in [1.165, 1.54) is 30.3 Å². The first kappa shape index (κ1) is 26.0. The Kier molecular flexibility index (Phi) is 7.69. The summed E-state index contributed by atoms with van der Waals surface area (Å²) >= 11 is 3.35. The average Bonchev–Trinajstić information content (AvgIpc) is 3.28. The zero-order valence-electron chi connectivity index (χ0n) is 19.4. The summed E-state index contributed by atoms with van der Waals surface area (Å²) < 4.78 is 33.4. The number of halogens is 1.